The summed E-state index contributed by atoms with van der Waals surface area (Å²) in [5.74, 6) is 1.41. The first-order valence-corrected chi connectivity index (χ1v) is 10.9. The zero-order valence-corrected chi connectivity index (χ0v) is 18.3. The van der Waals surface area contributed by atoms with Gasteiger partial charge in [-0.15, -0.1) is 0 Å². The number of rotatable bonds is 9. The Bertz CT molecular complexity index is 984. The van der Waals surface area contributed by atoms with Crippen molar-refractivity contribution in [1.29, 1.82) is 0 Å². The second-order valence-corrected chi connectivity index (χ2v) is 7.97. The number of hydrogen-bond acceptors (Lipinski definition) is 7. The minimum Gasteiger partial charge on any atom is -0.497 e. The molecule has 1 saturated carbocycles. The van der Waals surface area contributed by atoms with Gasteiger partial charge in [0.25, 0.3) is 5.69 Å². The molecule has 0 aromatic heterocycles. The van der Waals surface area contributed by atoms with E-state index >= 15 is 0 Å². The molecule has 0 aliphatic heterocycles. The summed E-state index contributed by atoms with van der Waals surface area (Å²) in [6.07, 6.45) is 6.78. The third-order valence-electron chi connectivity index (χ3n) is 6.08. The molecule has 9 heteroatoms. The van der Waals surface area contributed by atoms with Crippen LogP contribution in [0.15, 0.2) is 47.6 Å². The predicted molar refractivity (Wildman–Crippen MR) is 123 cm³/mol. The number of nitro benzene ring substituents is 2. The van der Waals surface area contributed by atoms with Gasteiger partial charge in [0.15, 0.2) is 0 Å². The van der Waals surface area contributed by atoms with Crippen LogP contribution in [-0.4, -0.2) is 22.7 Å². The molecule has 1 N–H and O–H groups in total. The van der Waals surface area contributed by atoms with Gasteiger partial charge in [0, 0.05) is 12.0 Å². The van der Waals surface area contributed by atoms with E-state index in [-0.39, 0.29) is 23.0 Å². The van der Waals surface area contributed by atoms with Crippen LogP contribution >= 0.6 is 0 Å². The maximum Gasteiger partial charge on any atom is 0.301 e. The molecular formula is C23H28N4O5. The van der Waals surface area contributed by atoms with Crippen LogP contribution in [-0.2, 0) is 0 Å². The van der Waals surface area contributed by atoms with Crippen molar-refractivity contribution in [2.75, 3.05) is 12.5 Å². The molecular weight excluding hydrogens is 412 g/mol. The molecule has 2 aromatic rings. The molecule has 0 radical (unpaired) electrons. The Balaban J connectivity index is 2.00. The molecule has 1 atom stereocenters. The smallest absolute Gasteiger partial charge is 0.301 e. The van der Waals surface area contributed by atoms with Crippen LogP contribution in [0.4, 0.5) is 17.1 Å². The predicted octanol–water partition coefficient (Wildman–Crippen LogP) is 5.93. The normalized spacial score (nSPS) is 15.8. The number of hydrazone groups is 1. The number of hydrogen-bond donors (Lipinski definition) is 1. The van der Waals surface area contributed by atoms with Crippen LogP contribution in [0, 0.1) is 32.1 Å². The third kappa shape index (κ3) is 5.40. The average molecular weight is 441 g/mol. The molecule has 0 spiro atoms. The zero-order chi connectivity index (χ0) is 23.1. The molecule has 32 heavy (non-hydrogen) atoms. The minimum absolute atomic E-state index is 0.116. The highest BCUT2D eigenvalue weighted by Gasteiger charge is 2.28. The summed E-state index contributed by atoms with van der Waals surface area (Å²) in [5.41, 5.74) is 3.97. The molecule has 1 aliphatic carbocycles. The molecule has 170 valence electrons. The van der Waals surface area contributed by atoms with Crippen LogP contribution in [0.5, 0.6) is 5.75 Å². The molecule has 3 rings (SSSR count). The number of non-ortho nitro benzene ring substituents is 1. The van der Waals surface area contributed by atoms with E-state index in [1.54, 1.807) is 7.11 Å². The molecule has 0 bridgehead atoms. The maximum atomic E-state index is 11.5. The van der Waals surface area contributed by atoms with Gasteiger partial charge in [-0.25, -0.2) is 0 Å². The standard InChI is InChI=1S/C23H28N4O5/c1-3-20(16-7-5-4-6-8-16)23(17-9-12-19(32-2)13-10-17)25-24-21-14-11-18(26(28)29)15-22(21)27(30)31/h9-16,20,24H,3-8H2,1-2H3/b25-23+. The molecule has 0 saturated heterocycles. The quantitative estimate of drug-likeness (QED) is 0.293. The lowest BCUT2D eigenvalue weighted by atomic mass is 9.75. The van der Waals surface area contributed by atoms with Gasteiger partial charge in [0.1, 0.15) is 11.4 Å². The molecule has 1 unspecified atom stereocenters. The third-order valence-corrected chi connectivity index (χ3v) is 6.08. The molecule has 2 aromatic carbocycles. The fourth-order valence-corrected chi connectivity index (χ4v) is 4.41. The fourth-order valence-electron chi connectivity index (χ4n) is 4.41. The van der Waals surface area contributed by atoms with Gasteiger partial charge in [-0.1, -0.05) is 26.2 Å². The summed E-state index contributed by atoms with van der Waals surface area (Å²) in [4.78, 5) is 21.2. The van der Waals surface area contributed by atoms with Gasteiger partial charge in [-0.2, -0.15) is 5.10 Å². The van der Waals surface area contributed by atoms with Crippen molar-refractivity contribution in [3.63, 3.8) is 0 Å². The number of benzene rings is 2. The summed E-state index contributed by atoms with van der Waals surface area (Å²) in [6.45, 7) is 2.13. The largest absolute Gasteiger partial charge is 0.497 e. The van der Waals surface area contributed by atoms with Gasteiger partial charge in [0.05, 0.1) is 28.7 Å². The van der Waals surface area contributed by atoms with E-state index in [0.717, 1.165) is 42.4 Å². The van der Waals surface area contributed by atoms with Crippen molar-refractivity contribution in [3.05, 3.63) is 68.3 Å². The first-order chi connectivity index (χ1) is 15.4. The highest BCUT2D eigenvalue weighted by molar-refractivity contribution is 6.03. The van der Waals surface area contributed by atoms with Gasteiger partial charge >= 0.3 is 5.69 Å². The number of nitrogens with zero attached hydrogens (tertiary/aromatic N) is 3. The lowest BCUT2D eigenvalue weighted by Crippen LogP contribution is -2.27. The van der Waals surface area contributed by atoms with E-state index in [0.29, 0.717) is 5.92 Å². The van der Waals surface area contributed by atoms with Crippen LogP contribution in [0.3, 0.4) is 0 Å². The summed E-state index contributed by atoms with van der Waals surface area (Å²) in [5, 5.41) is 27.2. The number of methoxy groups -OCH3 is 1. The van der Waals surface area contributed by atoms with Crippen LogP contribution in [0.2, 0.25) is 0 Å². The molecule has 1 fully saturated rings. The monoisotopic (exact) mass is 440 g/mol. The summed E-state index contributed by atoms with van der Waals surface area (Å²) >= 11 is 0. The lowest BCUT2D eigenvalue weighted by molar-refractivity contribution is -0.393. The Labute approximate surface area is 186 Å². The molecule has 0 heterocycles. The van der Waals surface area contributed by atoms with Crippen molar-refractivity contribution >= 4 is 22.8 Å². The summed E-state index contributed by atoms with van der Waals surface area (Å²) < 4.78 is 5.27. The molecule has 0 amide bonds. The van der Waals surface area contributed by atoms with Crippen molar-refractivity contribution in [2.45, 2.75) is 45.4 Å². The molecule has 1 aliphatic rings. The Morgan fingerprint density at radius 3 is 2.34 bits per heavy atom. The van der Waals surface area contributed by atoms with Crippen LogP contribution in [0.1, 0.15) is 51.0 Å². The van der Waals surface area contributed by atoms with Crippen molar-refractivity contribution < 1.29 is 14.6 Å². The van der Waals surface area contributed by atoms with E-state index in [2.05, 4.69) is 17.5 Å². The Hall–Kier alpha value is -3.49. The Morgan fingerprint density at radius 1 is 1.09 bits per heavy atom. The van der Waals surface area contributed by atoms with Crippen LogP contribution in [0.25, 0.3) is 0 Å². The number of ether oxygens (including phenoxy) is 1. The zero-order valence-electron chi connectivity index (χ0n) is 18.3. The SMILES string of the molecule is CCC(/C(=N/Nc1ccc([N+](=O)[O-])cc1[N+](=O)[O-])c1ccc(OC)cc1)C1CCCCC1. The number of nitro groups is 2. The van der Waals surface area contributed by atoms with Crippen molar-refractivity contribution in [3.8, 4) is 5.75 Å². The second kappa shape index (κ2) is 10.7. The average Bonchev–Trinajstić information content (AvgIpc) is 2.82. The first kappa shape index (κ1) is 23.2. The van der Waals surface area contributed by atoms with Gasteiger partial charge in [-0.05, 0) is 61.1 Å². The van der Waals surface area contributed by atoms with Crippen molar-refractivity contribution in [1.82, 2.24) is 0 Å². The lowest BCUT2D eigenvalue weighted by Gasteiger charge is -2.30. The Morgan fingerprint density at radius 2 is 1.78 bits per heavy atom. The van der Waals surface area contributed by atoms with E-state index < -0.39 is 9.85 Å². The summed E-state index contributed by atoms with van der Waals surface area (Å²) in [6, 6.07) is 11.1. The van der Waals surface area contributed by atoms with Crippen molar-refractivity contribution in [2.24, 2.45) is 16.9 Å². The number of nitrogens with one attached hydrogen (secondary N) is 1. The second-order valence-electron chi connectivity index (χ2n) is 7.97. The van der Waals surface area contributed by atoms with E-state index in [1.807, 2.05) is 24.3 Å². The highest BCUT2D eigenvalue weighted by Crippen LogP contribution is 2.35. The van der Waals surface area contributed by atoms with E-state index in [1.165, 1.54) is 31.4 Å². The minimum atomic E-state index is -0.654. The molecule has 9 nitrogen and oxygen atoms in total. The van der Waals surface area contributed by atoms with Gasteiger partial charge in [-0.3, -0.25) is 25.7 Å². The topological polar surface area (TPSA) is 120 Å². The number of anilines is 1. The first-order valence-electron chi connectivity index (χ1n) is 10.9. The maximum absolute atomic E-state index is 11.5. The Kier molecular flexibility index (Phi) is 7.75. The van der Waals surface area contributed by atoms with Gasteiger partial charge in [0.2, 0.25) is 0 Å². The fraction of sp³-hybridized carbons (Fsp3) is 0.435. The van der Waals surface area contributed by atoms with Gasteiger partial charge < -0.3 is 4.74 Å². The van der Waals surface area contributed by atoms with Crippen LogP contribution < -0.4 is 10.2 Å². The van der Waals surface area contributed by atoms with E-state index in [9.17, 15) is 20.2 Å². The van der Waals surface area contributed by atoms with E-state index in [4.69, 9.17) is 4.74 Å². The summed E-state index contributed by atoms with van der Waals surface area (Å²) in [7, 11) is 1.61. The highest BCUT2D eigenvalue weighted by atomic mass is 16.6.